The van der Waals surface area contributed by atoms with E-state index in [1.54, 1.807) is 6.07 Å². The molecule has 1 rings (SSSR count). The second-order valence-electron chi connectivity index (χ2n) is 5.27. The van der Waals surface area contributed by atoms with Crippen molar-refractivity contribution in [2.45, 2.75) is 26.2 Å². The van der Waals surface area contributed by atoms with Gasteiger partial charge in [-0.3, -0.25) is 9.59 Å². The third-order valence-corrected chi connectivity index (χ3v) is 2.56. The highest BCUT2D eigenvalue weighted by atomic mass is 16.2. The molecule has 0 spiro atoms. The summed E-state index contributed by atoms with van der Waals surface area (Å²) in [7, 11) is 1.51. The number of hydrogen-bond acceptors (Lipinski definition) is 4. The summed E-state index contributed by atoms with van der Waals surface area (Å²) in [6, 6.07) is 3.18. The minimum Gasteiger partial charge on any atom is -0.384 e. The van der Waals surface area contributed by atoms with Crippen LogP contribution in [-0.2, 0) is 10.2 Å². The number of pyridine rings is 1. The van der Waals surface area contributed by atoms with Crippen LogP contribution in [0.3, 0.4) is 0 Å². The van der Waals surface area contributed by atoms with Gasteiger partial charge in [0.15, 0.2) is 0 Å². The van der Waals surface area contributed by atoms with Gasteiger partial charge in [0.1, 0.15) is 5.82 Å². The first-order valence-corrected chi connectivity index (χ1v) is 6.01. The SMILES string of the molecule is CNC(=O)CNC(=O)c1cc(N)nc(C(C)(C)C)c1. The minimum absolute atomic E-state index is 0.0671. The molecule has 0 aromatic carbocycles. The van der Waals surface area contributed by atoms with Crippen LogP contribution in [0.25, 0.3) is 0 Å². The van der Waals surface area contributed by atoms with E-state index in [0.29, 0.717) is 5.56 Å². The van der Waals surface area contributed by atoms with Crippen LogP contribution in [0, 0.1) is 0 Å². The molecule has 0 fully saturated rings. The Balaban J connectivity index is 2.92. The third-order valence-electron chi connectivity index (χ3n) is 2.56. The van der Waals surface area contributed by atoms with Crippen molar-refractivity contribution in [2.24, 2.45) is 0 Å². The molecule has 0 aliphatic heterocycles. The predicted molar refractivity (Wildman–Crippen MR) is 73.7 cm³/mol. The van der Waals surface area contributed by atoms with Crippen LogP contribution < -0.4 is 16.4 Å². The first kappa shape index (κ1) is 14.9. The second-order valence-corrected chi connectivity index (χ2v) is 5.27. The number of hydrogen-bond donors (Lipinski definition) is 3. The van der Waals surface area contributed by atoms with Gasteiger partial charge in [-0.2, -0.15) is 0 Å². The lowest BCUT2D eigenvalue weighted by Crippen LogP contribution is -2.35. The number of nitrogens with one attached hydrogen (secondary N) is 2. The van der Waals surface area contributed by atoms with E-state index < -0.39 is 0 Å². The van der Waals surface area contributed by atoms with E-state index in [-0.39, 0.29) is 29.6 Å². The number of nitrogens with zero attached hydrogens (tertiary/aromatic N) is 1. The fourth-order valence-corrected chi connectivity index (χ4v) is 1.42. The number of aromatic nitrogens is 1. The number of nitrogens with two attached hydrogens (primary N) is 1. The molecule has 1 heterocycles. The van der Waals surface area contributed by atoms with Crippen LogP contribution in [0.1, 0.15) is 36.8 Å². The Bertz CT molecular complexity index is 492. The van der Waals surface area contributed by atoms with E-state index in [1.807, 2.05) is 20.8 Å². The first-order chi connectivity index (χ1) is 8.74. The molecule has 0 aliphatic carbocycles. The Morgan fingerprint density at radius 1 is 1.32 bits per heavy atom. The molecule has 4 N–H and O–H groups in total. The number of likely N-dealkylation sites (N-methyl/N-ethyl adjacent to an activating group) is 1. The van der Waals surface area contributed by atoms with E-state index in [2.05, 4.69) is 15.6 Å². The lowest BCUT2D eigenvalue weighted by molar-refractivity contribution is -0.119. The van der Waals surface area contributed by atoms with Crippen LogP contribution >= 0.6 is 0 Å². The van der Waals surface area contributed by atoms with E-state index in [4.69, 9.17) is 5.73 Å². The summed E-state index contributed by atoms with van der Waals surface area (Å²) in [5.41, 5.74) is 6.64. The van der Waals surface area contributed by atoms with Gasteiger partial charge in [-0.1, -0.05) is 20.8 Å². The standard InChI is InChI=1S/C13H20N4O2/c1-13(2,3)9-5-8(6-10(14)17-9)12(19)16-7-11(18)15-4/h5-6H,7H2,1-4H3,(H2,14,17)(H,15,18)(H,16,19). The number of carbonyl (C=O) groups is 2. The molecular formula is C13H20N4O2. The topological polar surface area (TPSA) is 97.1 Å². The Morgan fingerprint density at radius 2 is 1.95 bits per heavy atom. The first-order valence-electron chi connectivity index (χ1n) is 6.01. The summed E-state index contributed by atoms with van der Waals surface area (Å²) in [5, 5.41) is 4.95. The quantitative estimate of drug-likeness (QED) is 0.737. The van der Waals surface area contributed by atoms with Crippen molar-refractivity contribution in [3.63, 3.8) is 0 Å². The van der Waals surface area contributed by atoms with Crippen molar-refractivity contribution in [2.75, 3.05) is 19.3 Å². The molecule has 6 nitrogen and oxygen atoms in total. The van der Waals surface area contributed by atoms with E-state index in [1.165, 1.54) is 13.1 Å². The summed E-state index contributed by atoms with van der Waals surface area (Å²) in [4.78, 5) is 27.2. The Morgan fingerprint density at radius 3 is 2.47 bits per heavy atom. The van der Waals surface area contributed by atoms with Crippen molar-refractivity contribution in [1.29, 1.82) is 0 Å². The van der Waals surface area contributed by atoms with Gasteiger partial charge in [0, 0.05) is 23.7 Å². The number of nitrogen functional groups attached to an aromatic ring is 1. The fourth-order valence-electron chi connectivity index (χ4n) is 1.42. The molecule has 104 valence electrons. The maximum Gasteiger partial charge on any atom is 0.251 e. The van der Waals surface area contributed by atoms with Gasteiger partial charge in [-0.05, 0) is 12.1 Å². The van der Waals surface area contributed by atoms with Crippen molar-refractivity contribution in [1.82, 2.24) is 15.6 Å². The number of rotatable bonds is 3. The van der Waals surface area contributed by atoms with Crippen molar-refractivity contribution < 1.29 is 9.59 Å². The second kappa shape index (κ2) is 5.69. The number of amides is 2. The normalized spacial score (nSPS) is 10.9. The molecule has 6 heteroatoms. The molecule has 0 saturated heterocycles. The molecule has 0 bridgehead atoms. The van der Waals surface area contributed by atoms with Crippen LogP contribution in [0.4, 0.5) is 5.82 Å². The molecular weight excluding hydrogens is 244 g/mol. The molecule has 1 aromatic heterocycles. The van der Waals surface area contributed by atoms with Crippen molar-refractivity contribution in [3.8, 4) is 0 Å². The van der Waals surface area contributed by atoms with Crippen LogP contribution in [0.5, 0.6) is 0 Å². The third kappa shape index (κ3) is 4.24. The highest BCUT2D eigenvalue weighted by molar-refractivity contribution is 5.97. The predicted octanol–water partition coefficient (Wildman–Crippen LogP) is 0.437. The molecule has 0 saturated carbocycles. The Hall–Kier alpha value is -2.11. The highest BCUT2D eigenvalue weighted by Gasteiger charge is 2.18. The molecule has 2 amide bonds. The lowest BCUT2D eigenvalue weighted by atomic mass is 9.90. The zero-order chi connectivity index (χ0) is 14.6. The monoisotopic (exact) mass is 264 g/mol. The minimum atomic E-state index is -0.344. The van der Waals surface area contributed by atoms with Crippen LogP contribution in [-0.4, -0.2) is 30.4 Å². The van der Waals surface area contributed by atoms with Gasteiger partial charge in [0.25, 0.3) is 5.91 Å². The molecule has 0 atom stereocenters. The average Bonchev–Trinajstić information content (AvgIpc) is 2.33. The average molecular weight is 264 g/mol. The number of anilines is 1. The molecule has 0 aliphatic rings. The van der Waals surface area contributed by atoms with E-state index >= 15 is 0 Å². The van der Waals surface area contributed by atoms with Crippen LogP contribution in [0.15, 0.2) is 12.1 Å². The summed E-state index contributed by atoms with van der Waals surface area (Å²) in [6.07, 6.45) is 0. The zero-order valence-corrected chi connectivity index (χ0v) is 11.7. The Labute approximate surface area is 112 Å². The molecule has 19 heavy (non-hydrogen) atoms. The zero-order valence-electron chi connectivity index (χ0n) is 11.7. The smallest absolute Gasteiger partial charge is 0.251 e. The fraction of sp³-hybridized carbons (Fsp3) is 0.462. The van der Waals surface area contributed by atoms with Gasteiger partial charge >= 0.3 is 0 Å². The summed E-state index contributed by atoms with van der Waals surface area (Å²) in [5.74, 6) is -0.313. The van der Waals surface area contributed by atoms with Crippen LogP contribution in [0.2, 0.25) is 0 Å². The van der Waals surface area contributed by atoms with E-state index in [9.17, 15) is 9.59 Å². The van der Waals surface area contributed by atoms with Gasteiger partial charge in [-0.25, -0.2) is 4.98 Å². The van der Waals surface area contributed by atoms with Crippen molar-refractivity contribution >= 4 is 17.6 Å². The molecule has 1 aromatic rings. The van der Waals surface area contributed by atoms with Gasteiger partial charge in [0.2, 0.25) is 5.91 Å². The maximum atomic E-state index is 11.9. The maximum absolute atomic E-state index is 11.9. The largest absolute Gasteiger partial charge is 0.384 e. The van der Waals surface area contributed by atoms with Crippen molar-refractivity contribution in [3.05, 3.63) is 23.4 Å². The highest BCUT2D eigenvalue weighted by Crippen LogP contribution is 2.22. The Kier molecular flexibility index (Phi) is 4.47. The van der Waals surface area contributed by atoms with Gasteiger partial charge in [-0.15, -0.1) is 0 Å². The summed E-state index contributed by atoms with van der Waals surface area (Å²) >= 11 is 0. The van der Waals surface area contributed by atoms with Gasteiger partial charge < -0.3 is 16.4 Å². The molecule has 0 unspecified atom stereocenters. The summed E-state index contributed by atoms with van der Waals surface area (Å²) < 4.78 is 0. The van der Waals surface area contributed by atoms with E-state index in [0.717, 1.165) is 5.69 Å². The lowest BCUT2D eigenvalue weighted by Gasteiger charge is -2.19. The summed E-state index contributed by atoms with van der Waals surface area (Å²) in [6.45, 7) is 5.89. The molecule has 0 radical (unpaired) electrons. The van der Waals surface area contributed by atoms with Gasteiger partial charge in [0.05, 0.1) is 6.54 Å². The number of carbonyl (C=O) groups excluding carboxylic acids is 2.